The van der Waals surface area contributed by atoms with Gasteiger partial charge in [-0.25, -0.2) is 0 Å². The molecule has 0 radical (unpaired) electrons. The van der Waals surface area contributed by atoms with E-state index in [0.717, 1.165) is 48.1 Å². The van der Waals surface area contributed by atoms with Gasteiger partial charge in [0.1, 0.15) is 5.75 Å². The van der Waals surface area contributed by atoms with Crippen molar-refractivity contribution in [2.75, 3.05) is 12.5 Å². The van der Waals surface area contributed by atoms with Gasteiger partial charge in [-0.1, -0.05) is 43.2 Å². The molecule has 0 aliphatic heterocycles. The van der Waals surface area contributed by atoms with E-state index in [1.807, 2.05) is 36.4 Å². The lowest BCUT2D eigenvalue weighted by atomic mass is 10.0. The largest absolute Gasteiger partial charge is 0.492 e. The summed E-state index contributed by atoms with van der Waals surface area (Å²) < 4.78 is 5.94. The molecule has 112 valence electrons. The quantitative estimate of drug-likeness (QED) is 0.379. The molecule has 0 saturated heterocycles. The smallest absolute Gasteiger partial charge is 0.163 e. The summed E-state index contributed by atoms with van der Waals surface area (Å²) in [6, 6.07) is 11.8. The van der Waals surface area contributed by atoms with Crippen molar-refractivity contribution in [2.45, 2.75) is 32.6 Å². The highest BCUT2D eigenvalue weighted by Crippen LogP contribution is 2.30. The van der Waals surface area contributed by atoms with E-state index in [1.54, 1.807) is 6.92 Å². The molecule has 0 N–H and O–H groups in total. The molecule has 0 aliphatic carbocycles. The second kappa shape index (κ2) is 8.04. The van der Waals surface area contributed by atoms with E-state index in [-0.39, 0.29) is 5.78 Å². The van der Waals surface area contributed by atoms with Crippen LogP contribution in [0.5, 0.6) is 5.75 Å². The van der Waals surface area contributed by atoms with Crippen LogP contribution in [0.1, 0.15) is 43.0 Å². The Morgan fingerprint density at radius 1 is 1.05 bits per heavy atom. The molecule has 2 aromatic carbocycles. The summed E-state index contributed by atoms with van der Waals surface area (Å²) in [6.07, 6.45) is 4.26. The minimum Gasteiger partial charge on any atom is -0.492 e. The third kappa shape index (κ3) is 4.21. The zero-order valence-corrected chi connectivity index (χ0v) is 13.2. The minimum atomic E-state index is 0.0397. The molecule has 0 bridgehead atoms. The van der Waals surface area contributed by atoms with Crippen LogP contribution in [-0.2, 0) is 0 Å². The number of ketones is 1. The molecule has 0 atom stereocenters. The minimum absolute atomic E-state index is 0.0397. The van der Waals surface area contributed by atoms with Crippen molar-refractivity contribution in [2.24, 2.45) is 0 Å². The van der Waals surface area contributed by atoms with E-state index in [4.69, 9.17) is 16.3 Å². The number of rotatable bonds is 8. The lowest BCUT2D eigenvalue weighted by Crippen LogP contribution is -2.03. The zero-order chi connectivity index (χ0) is 15.1. The number of hydrogen-bond donors (Lipinski definition) is 0. The first-order chi connectivity index (χ1) is 10.2. The van der Waals surface area contributed by atoms with Crippen LogP contribution < -0.4 is 4.74 Å². The predicted octanol–water partition coefficient (Wildman–Crippen LogP) is 5.22. The van der Waals surface area contributed by atoms with Crippen molar-refractivity contribution in [3.05, 3.63) is 42.0 Å². The topological polar surface area (TPSA) is 26.3 Å². The standard InChI is InChI=1S/C18H21ClO2/c1-14(20)16-11-10-15-8-4-5-9-17(15)18(16)21-13-7-3-2-6-12-19/h4-5,8-11H,2-3,6-7,12-13H2,1H3. The van der Waals surface area contributed by atoms with E-state index < -0.39 is 0 Å². The number of Topliss-reactive ketones (excluding diaryl/α,β-unsaturated/α-hetero) is 1. The highest BCUT2D eigenvalue weighted by atomic mass is 35.5. The number of fused-ring (bicyclic) bond motifs is 1. The molecule has 0 saturated carbocycles. The van der Waals surface area contributed by atoms with E-state index >= 15 is 0 Å². The van der Waals surface area contributed by atoms with Crippen molar-refractivity contribution in [1.82, 2.24) is 0 Å². The Bertz CT molecular complexity index is 607. The lowest BCUT2D eigenvalue weighted by molar-refractivity contribution is 0.101. The summed E-state index contributed by atoms with van der Waals surface area (Å²) in [5.41, 5.74) is 0.662. The van der Waals surface area contributed by atoms with Gasteiger partial charge in [-0.05, 0) is 31.2 Å². The second-order valence-electron chi connectivity index (χ2n) is 5.17. The maximum Gasteiger partial charge on any atom is 0.163 e. The molecule has 0 spiro atoms. The first-order valence-corrected chi connectivity index (χ1v) is 7.99. The normalized spacial score (nSPS) is 10.8. The lowest BCUT2D eigenvalue weighted by Gasteiger charge is -2.13. The fourth-order valence-corrected chi connectivity index (χ4v) is 2.59. The third-order valence-electron chi connectivity index (χ3n) is 3.53. The van der Waals surface area contributed by atoms with E-state index in [9.17, 15) is 4.79 Å². The molecule has 2 aromatic rings. The molecular formula is C18H21ClO2. The van der Waals surface area contributed by atoms with E-state index in [0.29, 0.717) is 12.2 Å². The van der Waals surface area contributed by atoms with E-state index in [2.05, 4.69) is 0 Å². The highest BCUT2D eigenvalue weighted by molar-refractivity contribution is 6.17. The number of unbranched alkanes of at least 4 members (excludes halogenated alkanes) is 3. The number of alkyl halides is 1. The van der Waals surface area contributed by atoms with Crippen LogP contribution >= 0.6 is 11.6 Å². The Morgan fingerprint density at radius 3 is 2.57 bits per heavy atom. The number of benzene rings is 2. The fourth-order valence-electron chi connectivity index (χ4n) is 2.40. The Labute approximate surface area is 131 Å². The fraction of sp³-hybridized carbons (Fsp3) is 0.389. The van der Waals surface area contributed by atoms with Crippen LogP contribution in [0.25, 0.3) is 10.8 Å². The highest BCUT2D eigenvalue weighted by Gasteiger charge is 2.12. The van der Waals surface area contributed by atoms with Crippen LogP contribution in [0.3, 0.4) is 0 Å². The van der Waals surface area contributed by atoms with Crippen LogP contribution in [0, 0.1) is 0 Å². The first-order valence-electron chi connectivity index (χ1n) is 7.45. The van der Waals surface area contributed by atoms with Crippen molar-refractivity contribution in [3.8, 4) is 5.75 Å². The van der Waals surface area contributed by atoms with Gasteiger partial charge in [0.2, 0.25) is 0 Å². The van der Waals surface area contributed by atoms with Gasteiger partial charge in [-0.3, -0.25) is 4.79 Å². The summed E-state index contributed by atoms with van der Waals surface area (Å²) in [4.78, 5) is 11.8. The molecule has 0 aromatic heterocycles. The number of halogens is 1. The molecule has 0 aliphatic rings. The average Bonchev–Trinajstić information content (AvgIpc) is 2.50. The summed E-state index contributed by atoms with van der Waals surface area (Å²) in [7, 11) is 0. The number of carbonyl (C=O) groups excluding carboxylic acids is 1. The van der Waals surface area contributed by atoms with Gasteiger partial charge in [0.05, 0.1) is 12.2 Å². The van der Waals surface area contributed by atoms with Gasteiger partial charge in [0, 0.05) is 11.3 Å². The SMILES string of the molecule is CC(=O)c1ccc2ccccc2c1OCCCCCCCl. The van der Waals surface area contributed by atoms with Crippen LogP contribution in [0.15, 0.2) is 36.4 Å². The number of carbonyl (C=O) groups is 1. The first kappa shape index (κ1) is 15.8. The molecule has 0 heterocycles. The number of ether oxygens (including phenoxy) is 1. The monoisotopic (exact) mass is 304 g/mol. The molecule has 0 amide bonds. The Hall–Kier alpha value is -1.54. The molecule has 0 fully saturated rings. The van der Waals surface area contributed by atoms with Crippen molar-refractivity contribution in [3.63, 3.8) is 0 Å². The van der Waals surface area contributed by atoms with Crippen LogP contribution in [0.2, 0.25) is 0 Å². The molecule has 0 unspecified atom stereocenters. The molecular weight excluding hydrogens is 284 g/mol. The Kier molecular flexibility index (Phi) is 6.06. The van der Waals surface area contributed by atoms with Crippen LogP contribution in [-0.4, -0.2) is 18.3 Å². The van der Waals surface area contributed by atoms with Gasteiger partial charge in [0.15, 0.2) is 5.78 Å². The van der Waals surface area contributed by atoms with Gasteiger partial charge in [-0.2, -0.15) is 0 Å². The van der Waals surface area contributed by atoms with Crippen molar-refractivity contribution < 1.29 is 9.53 Å². The summed E-state index contributed by atoms with van der Waals surface area (Å²) in [5.74, 6) is 1.48. The molecule has 2 nitrogen and oxygen atoms in total. The average molecular weight is 305 g/mol. The van der Waals surface area contributed by atoms with Gasteiger partial charge in [-0.15, -0.1) is 11.6 Å². The van der Waals surface area contributed by atoms with Crippen molar-refractivity contribution in [1.29, 1.82) is 0 Å². The maximum atomic E-state index is 11.8. The van der Waals surface area contributed by atoms with Gasteiger partial charge in [0.25, 0.3) is 0 Å². The van der Waals surface area contributed by atoms with E-state index in [1.165, 1.54) is 0 Å². The second-order valence-corrected chi connectivity index (χ2v) is 5.55. The van der Waals surface area contributed by atoms with Crippen molar-refractivity contribution >= 4 is 28.2 Å². The summed E-state index contributed by atoms with van der Waals surface area (Å²) in [6.45, 7) is 2.22. The molecule has 2 rings (SSSR count). The molecule has 3 heteroatoms. The Morgan fingerprint density at radius 2 is 1.81 bits per heavy atom. The Balaban J connectivity index is 2.12. The summed E-state index contributed by atoms with van der Waals surface area (Å²) in [5, 5.41) is 2.10. The molecule has 21 heavy (non-hydrogen) atoms. The zero-order valence-electron chi connectivity index (χ0n) is 12.4. The predicted molar refractivity (Wildman–Crippen MR) is 88.6 cm³/mol. The summed E-state index contributed by atoms with van der Waals surface area (Å²) >= 11 is 5.66. The van der Waals surface area contributed by atoms with Gasteiger partial charge < -0.3 is 4.74 Å². The van der Waals surface area contributed by atoms with Crippen LogP contribution in [0.4, 0.5) is 0 Å². The number of hydrogen-bond acceptors (Lipinski definition) is 2. The maximum absolute atomic E-state index is 11.8. The van der Waals surface area contributed by atoms with Gasteiger partial charge >= 0.3 is 0 Å². The third-order valence-corrected chi connectivity index (χ3v) is 3.80.